The Bertz CT molecular complexity index is 665. The molecule has 0 aliphatic carbocycles. The van der Waals surface area contributed by atoms with E-state index in [1.807, 2.05) is 0 Å². The van der Waals surface area contributed by atoms with E-state index in [-0.39, 0.29) is 24.5 Å². The van der Waals surface area contributed by atoms with Crippen molar-refractivity contribution in [3.63, 3.8) is 0 Å². The van der Waals surface area contributed by atoms with Crippen LogP contribution in [0.25, 0.3) is 0 Å². The second kappa shape index (κ2) is 5.45. The molecule has 2 unspecified atom stereocenters. The zero-order chi connectivity index (χ0) is 17.7. The Morgan fingerprint density at radius 2 is 1.96 bits per heavy atom. The summed E-state index contributed by atoms with van der Waals surface area (Å²) in [6, 6.07) is 3.59. The Morgan fingerprint density at radius 3 is 2.58 bits per heavy atom. The van der Waals surface area contributed by atoms with Crippen LogP contribution in [-0.2, 0) is 11.2 Å². The van der Waals surface area contributed by atoms with E-state index in [1.54, 1.807) is 19.9 Å². The summed E-state index contributed by atoms with van der Waals surface area (Å²) in [6.07, 6.45) is -5.44. The fourth-order valence-corrected chi connectivity index (χ4v) is 3.19. The lowest BCUT2D eigenvalue weighted by molar-refractivity contribution is -0.286. The summed E-state index contributed by atoms with van der Waals surface area (Å²) in [6.45, 7) is 2.81. The topological polar surface area (TPSA) is 88.5 Å². The molecule has 0 spiro atoms. The van der Waals surface area contributed by atoms with Crippen LogP contribution in [0, 0.1) is 0 Å². The minimum absolute atomic E-state index is 0.0828. The molecule has 0 radical (unpaired) electrons. The van der Waals surface area contributed by atoms with Gasteiger partial charge in [-0.05, 0) is 38.0 Å². The minimum Gasteiger partial charge on any atom is -0.465 e. The SMILES string of the molecule is CC1(C)OC(CO)C(Cc2ccc3c(c2)OC(F)(F)O3)N1C(=O)O. The fourth-order valence-electron chi connectivity index (χ4n) is 3.19. The van der Waals surface area contributed by atoms with Crippen molar-refractivity contribution >= 4 is 6.09 Å². The predicted octanol–water partition coefficient (Wildman–Crippen LogP) is 2.03. The van der Waals surface area contributed by atoms with Crippen molar-refractivity contribution in [2.75, 3.05) is 6.61 Å². The number of alkyl halides is 2. The van der Waals surface area contributed by atoms with Gasteiger partial charge in [-0.1, -0.05) is 6.07 Å². The van der Waals surface area contributed by atoms with Gasteiger partial charge >= 0.3 is 12.4 Å². The zero-order valence-electron chi connectivity index (χ0n) is 13.0. The maximum atomic E-state index is 13.1. The molecular weight excluding hydrogens is 328 g/mol. The number of amides is 1. The first kappa shape index (κ1) is 16.7. The number of aliphatic hydroxyl groups is 1. The molecule has 1 aromatic rings. The number of hydrogen-bond acceptors (Lipinski definition) is 5. The van der Waals surface area contributed by atoms with Gasteiger partial charge in [-0.3, -0.25) is 4.90 Å². The Kier molecular flexibility index (Phi) is 3.80. The number of carboxylic acid groups (broad SMARTS) is 1. The smallest absolute Gasteiger partial charge is 0.465 e. The molecule has 2 aliphatic heterocycles. The maximum Gasteiger partial charge on any atom is 0.586 e. The van der Waals surface area contributed by atoms with E-state index in [1.165, 1.54) is 12.1 Å². The lowest BCUT2D eigenvalue weighted by Gasteiger charge is -2.31. The van der Waals surface area contributed by atoms with Crippen LogP contribution >= 0.6 is 0 Å². The molecule has 1 saturated heterocycles. The lowest BCUT2D eigenvalue weighted by atomic mass is 10.00. The van der Waals surface area contributed by atoms with E-state index >= 15 is 0 Å². The Labute approximate surface area is 136 Å². The average molecular weight is 345 g/mol. The van der Waals surface area contributed by atoms with Gasteiger partial charge in [0.2, 0.25) is 0 Å². The van der Waals surface area contributed by atoms with Gasteiger partial charge < -0.3 is 24.4 Å². The number of ether oxygens (including phenoxy) is 3. The number of nitrogens with zero attached hydrogens (tertiary/aromatic N) is 1. The van der Waals surface area contributed by atoms with Gasteiger partial charge in [0, 0.05) is 0 Å². The first-order valence-electron chi connectivity index (χ1n) is 7.33. The zero-order valence-corrected chi connectivity index (χ0v) is 13.0. The van der Waals surface area contributed by atoms with Crippen LogP contribution < -0.4 is 9.47 Å². The van der Waals surface area contributed by atoms with Crippen molar-refractivity contribution in [3.8, 4) is 11.5 Å². The van der Waals surface area contributed by atoms with Gasteiger partial charge in [-0.25, -0.2) is 4.79 Å². The van der Waals surface area contributed by atoms with Gasteiger partial charge in [-0.15, -0.1) is 8.78 Å². The molecule has 1 fully saturated rings. The number of hydrogen-bond donors (Lipinski definition) is 2. The minimum atomic E-state index is -3.71. The molecule has 2 atom stereocenters. The summed E-state index contributed by atoms with van der Waals surface area (Å²) >= 11 is 0. The molecule has 2 heterocycles. The summed E-state index contributed by atoms with van der Waals surface area (Å²) < 4.78 is 40.5. The average Bonchev–Trinajstić information content (AvgIpc) is 2.89. The van der Waals surface area contributed by atoms with E-state index in [4.69, 9.17) is 4.74 Å². The van der Waals surface area contributed by atoms with Crippen molar-refractivity contribution in [1.82, 2.24) is 4.90 Å². The summed E-state index contributed by atoms with van der Waals surface area (Å²) in [5, 5.41) is 18.9. The molecule has 0 aromatic heterocycles. The second-order valence-corrected chi connectivity index (χ2v) is 6.16. The van der Waals surface area contributed by atoms with Gasteiger partial charge in [0.1, 0.15) is 11.8 Å². The molecule has 1 aromatic carbocycles. The van der Waals surface area contributed by atoms with Crippen LogP contribution in [0.1, 0.15) is 19.4 Å². The summed E-state index contributed by atoms with van der Waals surface area (Å²) in [4.78, 5) is 12.7. The summed E-state index contributed by atoms with van der Waals surface area (Å²) in [5.74, 6) is -0.196. The van der Waals surface area contributed by atoms with E-state index < -0.39 is 30.3 Å². The normalized spacial score (nSPS) is 26.6. The van der Waals surface area contributed by atoms with Gasteiger partial charge in [0.25, 0.3) is 0 Å². The van der Waals surface area contributed by atoms with Crippen LogP contribution in [0.3, 0.4) is 0 Å². The highest BCUT2D eigenvalue weighted by atomic mass is 19.3. The highest BCUT2D eigenvalue weighted by Gasteiger charge is 2.50. The number of halogens is 2. The van der Waals surface area contributed by atoms with Crippen LogP contribution in [0.5, 0.6) is 11.5 Å². The third kappa shape index (κ3) is 2.84. The molecule has 2 N–H and O–H groups in total. The van der Waals surface area contributed by atoms with Gasteiger partial charge in [-0.2, -0.15) is 0 Å². The Morgan fingerprint density at radius 1 is 1.29 bits per heavy atom. The number of fused-ring (bicyclic) bond motifs is 1. The standard InChI is InChI=1S/C15H17F2NO6/c1-14(2)18(13(20)21)9(12(7-19)22-14)5-8-3-4-10-11(6-8)24-15(16,17)23-10/h3-4,6,9,12,19H,5,7H2,1-2H3,(H,20,21). The summed E-state index contributed by atoms with van der Waals surface area (Å²) in [5.41, 5.74) is -0.543. The predicted molar refractivity (Wildman–Crippen MR) is 76.0 cm³/mol. The quantitative estimate of drug-likeness (QED) is 0.871. The molecule has 1 amide bonds. The second-order valence-electron chi connectivity index (χ2n) is 6.16. The van der Waals surface area contributed by atoms with Crippen molar-refractivity contribution in [2.24, 2.45) is 0 Å². The van der Waals surface area contributed by atoms with Crippen LogP contribution in [0.4, 0.5) is 13.6 Å². The van der Waals surface area contributed by atoms with Crippen LogP contribution in [0.15, 0.2) is 18.2 Å². The van der Waals surface area contributed by atoms with Crippen LogP contribution in [-0.4, -0.2) is 52.0 Å². The van der Waals surface area contributed by atoms with Crippen molar-refractivity contribution in [3.05, 3.63) is 23.8 Å². The Balaban J connectivity index is 1.86. The number of carbonyl (C=O) groups is 1. The van der Waals surface area contributed by atoms with E-state index in [2.05, 4.69) is 9.47 Å². The molecule has 132 valence electrons. The molecule has 7 nitrogen and oxygen atoms in total. The molecule has 9 heteroatoms. The molecule has 2 aliphatic rings. The lowest BCUT2D eigenvalue weighted by Crippen LogP contribution is -2.48. The number of aliphatic hydroxyl groups excluding tert-OH is 1. The highest BCUT2D eigenvalue weighted by Crippen LogP contribution is 2.42. The van der Waals surface area contributed by atoms with Gasteiger partial charge in [0.15, 0.2) is 11.5 Å². The maximum absolute atomic E-state index is 13.1. The van der Waals surface area contributed by atoms with Crippen molar-refractivity contribution in [1.29, 1.82) is 0 Å². The number of rotatable bonds is 3. The molecule has 0 saturated carbocycles. The fraction of sp³-hybridized carbons (Fsp3) is 0.533. The molecule has 0 bridgehead atoms. The number of benzene rings is 1. The van der Waals surface area contributed by atoms with E-state index in [9.17, 15) is 23.8 Å². The van der Waals surface area contributed by atoms with E-state index in [0.29, 0.717) is 5.56 Å². The Hall–Kier alpha value is -2.13. The third-order valence-corrected chi connectivity index (χ3v) is 4.08. The van der Waals surface area contributed by atoms with Crippen LogP contribution in [0.2, 0.25) is 0 Å². The van der Waals surface area contributed by atoms with E-state index in [0.717, 1.165) is 4.90 Å². The molecule has 3 rings (SSSR count). The molecule has 24 heavy (non-hydrogen) atoms. The first-order valence-corrected chi connectivity index (χ1v) is 7.33. The monoisotopic (exact) mass is 345 g/mol. The van der Waals surface area contributed by atoms with Crippen molar-refractivity contribution < 1.29 is 38.0 Å². The summed E-state index contributed by atoms with van der Waals surface area (Å²) in [7, 11) is 0. The third-order valence-electron chi connectivity index (χ3n) is 4.08. The largest absolute Gasteiger partial charge is 0.586 e. The van der Waals surface area contributed by atoms with Gasteiger partial charge in [0.05, 0.1) is 12.6 Å². The molecular formula is C15H17F2NO6. The highest BCUT2D eigenvalue weighted by molar-refractivity contribution is 5.67. The first-order chi connectivity index (χ1) is 11.1. The van der Waals surface area contributed by atoms with Crippen molar-refractivity contribution in [2.45, 2.75) is 44.4 Å².